The lowest BCUT2D eigenvalue weighted by Crippen LogP contribution is -2.58. The van der Waals surface area contributed by atoms with Crippen LogP contribution in [0, 0.1) is 0 Å². The summed E-state index contributed by atoms with van der Waals surface area (Å²) in [7, 11) is 0. The van der Waals surface area contributed by atoms with Crippen LogP contribution in [0.4, 0.5) is 0 Å². The minimum Gasteiger partial charge on any atom is -0.508 e. The maximum Gasteiger partial charge on any atom is 0.239 e. The molecule has 3 aromatic rings. The predicted molar refractivity (Wildman–Crippen MR) is 108 cm³/mol. The monoisotopic (exact) mass is 448 g/mol. The number of ether oxygens (including phenoxy) is 2. The summed E-state index contributed by atoms with van der Waals surface area (Å²) in [5, 5.41) is 69.2. The summed E-state index contributed by atoms with van der Waals surface area (Å²) in [6.07, 6.45) is -7.35. The Morgan fingerprint density at radius 3 is 2.28 bits per heavy atom. The number of benzene rings is 2. The van der Waals surface area contributed by atoms with Crippen LogP contribution >= 0.6 is 0 Å². The Morgan fingerprint density at radius 1 is 0.875 bits per heavy atom. The van der Waals surface area contributed by atoms with Crippen molar-refractivity contribution in [2.24, 2.45) is 0 Å². The Kier molecular flexibility index (Phi) is 5.34. The molecule has 1 aliphatic rings. The fourth-order valence-electron chi connectivity index (χ4n) is 3.46. The van der Waals surface area contributed by atoms with E-state index in [2.05, 4.69) is 0 Å². The quantitative estimate of drug-likeness (QED) is 0.276. The molecule has 0 radical (unpaired) electrons. The van der Waals surface area contributed by atoms with Gasteiger partial charge < -0.3 is 49.6 Å². The maximum atomic E-state index is 13.2. The van der Waals surface area contributed by atoms with Crippen LogP contribution in [0.1, 0.15) is 6.92 Å². The van der Waals surface area contributed by atoms with Crippen molar-refractivity contribution < 1.29 is 49.6 Å². The van der Waals surface area contributed by atoms with E-state index in [1.165, 1.54) is 13.0 Å². The molecule has 7 N–H and O–H groups in total. The Balaban J connectivity index is 1.92. The average Bonchev–Trinajstić information content (AvgIpc) is 2.73. The molecular formula is C21H20O11. The summed E-state index contributed by atoms with van der Waals surface area (Å²) >= 11 is 0. The third-order valence-corrected chi connectivity index (χ3v) is 5.20. The third-order valence-electron chi connectivity index (χ3n) is 5.20. The summed E-state index contributed by atoms with van der Waals surface area (Å²) in [6.45, 7) is 1.42. The molecule has 0 aliphatic carbocycles. The minimum atomic E-state index is -1.74. The van der Waals surface area contributed by atoms with E-state index < -0.39 is 59.1 Å². The van der Waals surface area contributed by atoms with Crippen molar-refractivity contribution in [1.29, 1.82) is 0 Å². The van der Waals surface area contributed by atoms with Gasteiger partial charge in [-0.3, -0.25) is 4.79 Å². The summed E-state index contributed by atoms with van der Waals surface area (Å²) in [4.78, 5) is 13.2. The van der Waals surface area contributed by atoms with Gasteiger partial charge in [0.05, 0.1) is 6.10 Å². The number of rotatable bonds is 3. The second-order valence-electron chi connectivity index (χ2n) is 7.43. The maximum absolute atomic E-state index is 13.2. The molecule has 1 aromatic heterocycles. The van der Waals surface area contributed by atoms with Crippen LogP contribution in [-0.2, 0) is 4.74 Å². The summed E-state index contributed by atoms with van der Waals surface area (Å²) in [6, 6.07) is 5.51. The Labute approximate surface area is 179 Å². The van der Waals surface area contributed by atoms with Gasteiger partial charge in [-0.2, -0.15) is 0 Å². The first-order chi connectivity index (χ1) is 15.1. The zero-order valence-corrected chi connectivity index (χ0v) is 16.5. The van der Waals surface area contributed by atoms with Crippen LogP contribution in [0.3, 0.4) is 0 Å². The topological polar surface area (TPSA) is 190 Å². The molecule has 1 saturated heterocycles. The molecule has 2 aromatic carbocycles. The van der Waals surface area contributed by atoms with E-state index in [0.717, 1.165) is 24.3 Å². The zero-order chi connectivity index (χ0) is 23.3. The highest BCUT2D eigenvalue weighted by atomic mass is 16.7. The first kappa shape index (κ1) is 21.7. The lowest BCUT2D eigenvalue weighted by molar-refractivity contribution is -0.268. The fourth-order valence-corrected chi connectivity index (χ4v) is 3.46. The van der Waals surface area contributed by atoms with Crippen molar-refractivity contribution in [3.63, 3.8) is 0 Å². The van der Waals surface area contributed by atoms with Gasteiger partial charge in [0.2, 0.25) is 17.5 Å². The first-order valence-corrected chi connectivity index (χ1v) is 9.50. The SMILES string of the molecule is C[C@@H]1O[C@@H](Oc2c(-c3ccc(O)c(O)c3)oc3cc(O)cc(O)c3c2=O)[C@@H](O)[C@@H](O)[C@H]1O. The van der Waals surface area contributed by atoms with Gasteiger partial charge in [0.1, 0.15) is 40.8 Å². The molecular weight excluding hydrogens is 428 g/mol. The van der Waals surface area contributed by atoms with Crippen LogP contribution in [0.2, 0.25) is 0 Å². The van der Waals surface area contributed by atoms with Crippen molar-refractivity contribution in [3.8, 4) is 40.1 Å². The minimum absolute atomic E-state index is 0.0658. The number of phenolic OH excluding ortho intramolecular Hbond substituents is 4. The molecule has 0 bridgehead atoms. The lowest BCUT2D eigenvalue weighted by atomic mass is 10.00. The van der Waals surface area contributed by atoms with Gasteiger partial charge >= 0.3 is 0 Å². The lowest BCUT2D eigenvalue weighted by Gasteiger charge is -2.38. The van der Waals surface area contributed by atoms with E-state index in [-0.39, 0.29) is 28.0 Å². The van der Waals surface area contributed by atoms with Gasteiger partial charge in [-0.1, -0.05) is 0 Å². The van der Waals surface area contributed by atoms with Crippen molar-refractivity contribution in [2.75, 3.05) is 0 Å². The number of fused-ring (bicyclic) bond motifs is 1. The van der Waals surface area contributed by atoms with Crippen molar-refractivity contribution in [3.05, 3.63) is 40.6 Å². The molecule has 0 unspecified atom stereocenters. The number of aliphatic hydroxyl groups is 3. The van der Waals surface area contributed by atoms with Gasteiger partial charge in [0, 0.05) is 17.7 Å². The molecule has 0 spiro atoms. The molecule has 32 heavy (non-hydrogen) atoms. The molecule has 2 heterocycles. The molecule has 11 heteroatoms. The number of hydrogen-bond donors (Lipinski definition) is 7. The van der Waals surface area contributed by atoms with E-state index in [1.807, 2.05) is 0 Å². The second kappa shape index (κ2) is 7.88. The van der Waals surface area contributed by atoms with E-state index in [4.69, 9.17) is 13.9 Å². The van der Waals surface area contributed by atoms with Gasteiger partial charge in [-0.25, -0.2) is 0 Å². The van der Waals surface area contributed by atoms with Gasteiger partial charge in [0.15, 0.2) is 17.3 Å². The highest BCUT2D eigenvalue weighted by Gasteiger charge is 2.44. The van der Waals surface area contributed by atoms with E-state index in [9.17, 15) is 40.5 Å². The third kappa shape index (κ3) is 3.56. The van der Waals surface area contributed by atoms with E-state index in [1.54, 1.807) is 0 Å². The Hall–Kier alpha value is -3.51. The number of aromatic hydroxyl groups is 4. The molecule has 170 valence electrons. The highest BCUT2D eigenvalue weighted by Crippen LogP contribution is 2.39. The van der Waals surface area contributed by atoms with E-state index in [0.29, 0.717) is 0 Å². The zero-order valence-electron chi connectivity index (χ0n) is 16.5. The van der Waals surface area contributed by atoms with Crippen LogP contribution in [-0.4, -0.2) is 66.5 Å². The molecule has 1 aliphatic heterocycles. The van der Waals surface area contributed by atoms with Crippen LogP contribution < -0.4 is 10.2 Å². The summed E-state index contributed by atoms with van der Waals surface area (Å²) in [5.41, 5.74) is -1.05. The molecule has 0 saturated carbocycles. The molecule has 11 nitrogen and oxygen atoms in total. The summed E-state index contributed by atoms with van der Waals surface area (Å²) < 4.78 is 16.6. The van der Waals surface area contributed by atoms with Crippen molar-refractivity contribution >= 4 is 11.0 Å². The molecule has 1 fully saturated rings. The number of phenols is 4. The molecule has 0 amide bonds. The van der Waals surface area contributed by atoms with Crippen LogP contribution in [0.5, 0.6) is 28.7 Å². The van der Waals surface area contributed by atoms with Crippen LogP contribution in [0.15, 0.2) is 39.5 Å². The van der Waals surface area contributed by atoms with Crippen molar-refractivity contribution in [2.45, 2.75) is 37.6 Å². The van der Waals surface area contributed by atoms with Gasteiger partial charge in [-0.15, -0.1) is 0 Å². The molecule has 4 rings (SSSR count). The largest absolute Gasteiger partial charge is 0.508 e. The molecule has 5 atom stereocenters. The Bertz CT molecular complexity index is 1230. The second-order valence-corrected chi connectivity index (χ2v) is 7.43. The summed E-state index contributed by atoms with van der Waals surface area (Å²) in [5.74, 6) is -2.80. The van der Waals surface area contributed by atoms with Gasteiger partial charge in [0.25, 0.3) is 0 Å². The predicted octanol–water partition coefficient (Wildman–Crippen LogP) is 0.489. The van der Waals surface area contributed by atoms with E-state index >= 15 is 0 Å². The normalized spacial score (nSPS) is 25.7. The Morgan fingerprint density at radius 2 is 1.59 bits per heavy atom. The number of hydrogen-bond acceptors (Lipinski definition) is 11. The van der Waals surface area contributed by atoms with Crippen LogP contribution in [0.25, 0.3) is 22.3 Å². The van der Waals surface area contributed by atoms with Crippen molar-refractivity contribution in [1.82, 2.24) is 0 Å². The standard InChI is InChI=1S/C21H20O11/c1-7-15(26)17(28)18(29)21(30-7)32-20-16(27)14-12(25)5-9(22)6-13(14)31-19(20)8-2-3-10(23)11(24)4-8/h2-7,15,17-18,21-26,28-29H,1H3/t7-,15-,17-,18-,21-/m0/s1. The average molecular weight is 448 g/mol. The number of aliphatic hydroxyl groups excluding tert-OH is 3. The first-order valence-electron chi connectivity index (χ1n) is 9.50. The smallest absolute Gasteiger partial charge is 0.239 e. The van der Waals surface area contributed by atoms with Gasteiger partial charge in [-0.05, 0) is 25.1 Å². The highest BCUT2D eigenvalue weighted by molar-refractivity contribution is 5.88. The fraction of sp³-hybridized carbons (Fsp3) is 0.286.